The van der Waals surface area contributed by atoms with Crippen molar-refractivity contribution in [3.8, 4) is 0 Å². The largest absolute Gasteiger partial charge is 0.298 e. The molecular weight excluding hydrogens is 214 g/mol. The van der Waals surface area contributed by atoms with Crippen LogP contribution in [0.25, 0.3) is 0 Å². The summed E-state index contributed by atoms with van der Waals surface area (Å²) in [4.78, 5) is 20.7. The van der Waals surface area contributed by atoms with E-state index in [1.165, 1.54) is 6.42 Å². The zero-order chi connectivity index (χ0) is 11.8. The van der Waals surface area contributed by atoms with Gasteiger partial charge in [-0.3, -0.25) is 14.6 Å². The lowest BCUT2D eigenvalue weighted by Gasteiger charge is -2.35. The molecule has 2 saturated heterocycles. The Morgan fingerprint density at radius 3 is 2.82 bits per heavy atom. The lowest BCUT2D eigenvalue weighted by atomic mass is 10.1. The smallest absolute Gasteiger partial charge is 0.229 e. The van der Waals surface area contributed by atoms with Crippen molar-refractivity contribution in [2.45, 2.75) is 25.8 Å². The number of aromatic nitrogens is 1. The van der Waals surface area contributed by atoms with Crippen LogP contribution in [0.2, 0.25) is 0 Å². The summed E-state index contributed by atoms with van der Waals surface area (Å²) >= 11 is 0. The van der Waals surface area contributed by atoms with Crippen molar-refractivity contribution in [3.63, 3.8) is 0 Å². The SMILES string of the molecule is Cc1cccc(N2CC(N3CCC3)CC2=O)n1. The van der Waals surface area contributed by atoms with E-state index in [1.807, 2.05) is 30.0 Å². The van der Waals surface area contributed by atoms with Crippen molar-refractivity contribution >= 4 is 11.7 Å². The van der Waals surface area contributed by atoms with Gasteiger partial charge in [-0.25, -0.2) is 4.98 Å². The first-order chi connectivity index (χ1) is 8.24. The van der Waals surface area contributed by atoms with Gasteiger partial charge in [0.25, 0.3) is 0 Å². The molecule has 1 aromatic rings. The molecule has 1 amide bonds. The molecule has 1 aromatic heterocycles. The van der Waals surface area contributed by atoms with E-state index < -0.39 is 0 Å². The Labute approximate surface area is 101 Å². The Morgan fingerprint density at radius 2 is 2.18 bits per heavy atom. The van der Waals surface area contributed by atoms with Gasteiger partial charge in [-0.1, -0.05) is 6.07 Å². The maximum Gasteiger partial charge on any atom is 0.229 e. The van der Waals surface area contributed by atoms with Crippen molar-refractivity contribution in [1.82, 2.24) is 9.88 Å². The number of aryl methyl sites for hydroxylation is 1. The van der Waals surface area contributed by atoms with Crippen LogP contribution in [0.3, 0.4) is 0 Å². The third-order valence-electron chi connectivity index (χ3n) is 3.66. The number of nitrogens with zero attached hydrogens (tertiary/aromatic N) is 3. The Hall–Kier alpha value is -1.42. The van der Waals surface area contributed by atoms with Crippen LogP contribution in [0.1, 0.15) is 18.5 Å². The van der Waals surface area contributed by atoms with Crippen LogP contribution in [0, 0.1) is 6.92 Å². The van der Waals surface area contributed by atoms with Crippen LogP contribution < -0.4 is 4.90 Å². The Bertz CT molecular complexity index is 442. The highest BCUT2D eigenvalue weighted by Gasteiger charge is 2.36. The fraction of sp³-hybridized carbons (Fsp3) is 0.538. The molecule has 4 heteroatoms. The maximum absolute atomic E-state index is 12.0. The lowest BCUT2D eigenvalue weighted by Crippen LogP contribution is -2.46. The normalized spacial score (nSPS) is 25.1. The Morgan fingerprint density at radius 1 is 1.35 bits per heavy atom. The van der Waals surface area contributed by atoms with Gasteiger partial charge in [0.15, 0.2) is 0 Å². The van der Waals surface area contributed by atoms with Crippen molar-refractivity contribution in [2.75, 3.05) is 24.5 Å². The molecule has 0 N–H and O–H groups in total. The number of amides is 1. The molecule has 0 radical (unpaired) electrons. The van der Waals surface area contributed by atoms with E-state index in [-0.39, 0.29) is 5.91 Å². The molecule has 1 atom stereocenters. The third-order valence-corrected chi connectivity index (χ3v) is 3.66. The van der Waals surface area contributed by atoms with Gasteiger partial charge >= 0.3 is 0 Å². The zero-order valence-corrected chi connectivity index (χ0v) is 10.1. The summed E-state index contributed by atoms with van der Waals surface area (Å²) in [6, 6.07) is 6.24. The first kappa shape index (κ1) is 10.7. The number of hydrogen-bond acceptors (Lipinski definition) is 3. The van der Waals surface area contributed by atoms with Crippen LogP contribution in [-0.4, -0.2) is 41.5 Å². The highest BCUT2D eigenvalue weighted by atomic mass is 16.2. The summed E-state index contributed by atoms with van der Waals surface area (Å²) in [7, 11) is 0. The molecule has 3 heterocycles. The van der Waals surface area contributed by atoms with E-state index in [1.54, 1.807) is 0 Å². The molecule has 2 aliphatic rings. The standard InChI is InChI=1S/C13H17N3O/c1-10-4-2-5-12(14-10)16-9-11(8-13(16)17)15-6-3-7-15/h2,4-5,11H,3,6-9H2,1H3. The van der Waals surface area contributed by atoms with Gasteiger partial charge in [0.05, 0.1) is 0 Å². The quantitative estimate of drug-likeness (QED) is 0.767. The molecule has 2 aliphatic heterocycles. The van der Waals surface area contributed by atoms with Gasteiger partial charge in [0.2, 0.25) is 5.91 Å². The van der Waals surface area contributed by atoms with Crippen LogP contribution in [0.5, 0.6) is 0 Å². The van der Waals surface area contributed by atoms with Gasteiger partial charge in [-0.15, -0.1) is 0 Å². The van der Waals surface area contributed by atoms with Gasteiger partial charge in [0.1, 0.15) is 5.82 Å². The van der Waals surface area contributed by atoms with E-state index in [9.17, 15) is 4.79 Å². The van der Waals surface area contributed by atoms with Crippen LogP contribution in [0.4, 0.5) is 5.82 Å². The van der Waals surface area contributed by atoms with Crippen molar-refractivity contribution in [2.24, 2.45) is 0 Å². The van der Waals surface area contributed by atoms with Crippen LogP contribution in [0.15, 0.2) is 18.2 Å². The molecular formula is C13H17N3O. The summed E-state index contributed by atoms with van der Waals surface area (Å²) in [5.41, 5.74) is 0.961. The number of likely N-dealkylation sites (tertiary alicyclic amines) is 1. The minimum absolute atomic E-state index is 0.208. The van der Waals surface area contributed by atoms with Gasteiger partial charge in [0, 0.05) is 24.7 Å². The second kappa shape index (κ2) is 4.11. The topological polar surface area (TPSA) is 36.4 Å². The summed E-state index contributed by atoms with van der Waals surface area (Å²) in [6.45, 7) is 5.05. The van der Waals surface area contributed by atoms with E-state index >= 15 is 0 Å². The minimum Gasteiger partial charge on any atom is -0.298 e. The minimum atomic E-state index is 0.208. The van der Waals surface area contributed by atoms with Gasteiger partial charge < -0.3 is 0 Å². The maximum atomic E-state index is 12.0. The summed E-state index contributed by atoms with van der Waals surface area (Å²) in [5, 5.41) is 0. The number of carbonyl (C=O) groups is 1. The first-order valence-electron chi connectivity index (χ1n) is 6.22. The number of rotatable bonds is 2. The van der Waals surface area contributed by atoms with Gasteiger partial charge in [-0.05, 0) is 38.6 Å². The molecule has 0 bridgehead atoms. The van der Waals surface area contributed by atoms with E-state index in [2.05, 4.69) is 9.88 Å². The summed E-state index contributed by atoms with van der Waals surface area (Å²) < 4.78 is 0. The number of pyridine rings is 1. The predicted molar refractivity (Wildman–Crippen MR) is 65.9 cm³/mol. The average molecular weight is 231 g/mol. The zero-order valence-electron chi connectivity index (χ0n) is 10.1. The van der Waals surface area contributed by atoms with Crippen LogP contribution >= 0.6 is 0 Å². The highest BCUT2D eigenvalue weighted by Crippen LogP contribution is 2.25. The monoisotopic (exact) mass is 231 g/mol. The molecule has 0 aromatic carbocycles. The van der Waals surface area contributed by atoms with E-state index in [0.717, 1.165) is 31.1 Å². The average Bonchev–Trinajstić information content (AvgIpc) is 2.57. The highest BCUT2D eigenvalue weighted by molar-refractivity contribution is 5.95. The second-order valence-electron chi connectivity index (χ2n) is 4.89. The Balaban J connectivity index is 1.77. The number of carbonyl (C=O) groups excluding carboxylic acids is 1. The Kier molecular flexibility index (Phi) is 2.59. The molecule has 2 fully saturated rings. The lowest BCUT2D eigenvalue weighted by molar-refractivity contribution is -0.117. The number of hydrogen-bond donors (Lipinski definition) is 0. The van der Waals surface area contributed by atoms with Crippen molar-refractivity contribution in [1.29, 1.82) is 0 Å². The second-order valence-corrected chi connectivity index (χ2v) is 4.89. The van der Waals surface area contributed by atoms with Crippen molar-refractivity contribution < 1.29 is 4.79 Å². The van der Waals surface area contributed by atoms with Gasteiger partial charge in [-0.2, -0.15) is 0 Å². The molecule has 4 nitrogen and oxygen atoms in total. The predicted octanol–water partition coefficient (Wildman–Crippen LogP) is 1.20. The first-order valence-corrected chi connectivity index (χ1v) is 6.22. The summed E-state index contributed by atoms with van der Waals surface area (Å²) in [6.07, 6.45) is 1.92. The van der Waals surface area contributed by atoms with Crippen molar-refractivity contribution in [3.05, 3.63) is 23.9 Å². The fourth-order valence-electron chi connectivity index (χ4n) is 2.54. The van der Waals surface area contributed by atoms with E-state index in [0.29, 0.717) is 12.5 Å². The molecule has 90 valence electrons. The molecule has 1 unspecified atom stereocenters. The fourth-order valence-corrected chi connectivity index (χ4v) is 2.54. The van der Waals surface area contributed by atoms with Crippen LogP contribution in [-0.2, 0) is 4.79 Å². The third kappa shape index (κ3) is 1.93. The molecule has 17 heavy (non-hydrogen) atoms. The molecule has 0 saturated carbocycles. The van der Waals surface area contributed by atoms with E-state index in [4.69, 9.17) is 0 Å². The molecule has 0 aliphatic carbocycles. The molecule has 3 rings (SSSR count). The molecule has 0 spiro atoms. The number of anilines is 1. The summed E-state index contributed by atoms with van der Waals surface area (Å²) in [5.74, 6) is 1.01.